The van der Waals surface area contributed by atoms with Gasteiger partial charge in [0.15, 0.2) is 18.1 Å². The van der Waals surface area contributed by atoms with Gasteiger partial charge in [-0.25, -0.2) is 0 Å². The van der Waals surface area contributed by atoms with Gasteiger partial charge in [0.2, 0.25) is 0 Å². The first-order chi connectivity index (χ1) is 17.2. The molecule has 0 atom stereocenters. The van der Waals surface area contributed by atoms with Gasteiger partial charge in [0, 0.05) is 5.69 Å². The summed E-state index contributed by atoms with van der Waals surface area (Å²) in [5.74, 6) is -0.170. The number of halogens is 2. The van der Waals surface area contributed by atoms with Gasteiger partial charge in [-0.3, -0.25) is 9.59 Å². The van der Waals surface area contributed by atoms with Gasteiger partial charge >= 0.3 is 0 Å². The van der Waals surface area contributed by atoms with E-state index in [2.05, 4.69) is 10.6 Å². The Morgan fingerprint density at radius 2 is 1.83 bits per heavy atom. The van der Waals surface area contributed by atoms with E-state index in [4.69, 9.17) is 21.1 Å². The number of carbonyl (C=O) groups excluding carboxylic acids is 2. The lowest BCUT2D eigenvalue weighted by atomic mass is 10.1. The van der Waals surface area contributed by atoms with Crippen LogP contribution in [0.3, 0.4) is 0 Å². The van der Waals surface area contributed by atoms with Gasteiger partial charge in [-0.05, 0) is 84.0 Å². The first kappa shape index (κ1) is 27.0. The lowest BCUT2D eigenvalue weighted by Crippen LogP contribution is -2.21. The summed E-state index contributed by atoms with van der Waals surface area (Å²) in [6.07, 6.45) is 1.44. The van der Waals surface area contributed by atoms with Crippen LogP contribution in [0.15, 0.2) is 60.2 Å². The Morgan fingerprint density at radius 1 is 1.08 bits per heavy atom. The molecule has 0 aliphatic carbocycles. The Balaban J connectivity index is 1.75. The lowest BCUT2D eigenvalue weighted by Gasteiger charge is -2.14. The first-order valence-electron chi connectivity index (χ1n) is 10.8. The molecule has 3 rings (SSSR count). The van der Waals surface area contributed by atoms with E-state index in [0.717, 1.165) is 16.8 Å². The van der Waals surface area contributed by atoms with E-state index in [1.165, 1.54) is 13.2 Å². The second kappa shape index (κ2) is 12.4. The van der Waals surface area contributed by atoms with Crippen molar-refractivity contribution in [2.45, 2.75) is 13.8 Å². The van der Waals surface area contributed by atoms with Crippen molar-refractivity contribution in [2.24, 2.45) is 0 Å². The van der Waals surface area contributed by atoms with Crippen LogP contribution in [0.4, 0.5) is 11.4 Å². The number of rotatable bonds is 8. The molecular weight excluding hydrogens is 593 g/mol. The van der Waals surface area contributed by atoms with Gasteiger partial charge in [0.1, 0.15) is 11.6 Å². The maximum atomic E-state index is 12.6. The monoisotopic (exact) mass is 615 g/mol. The summed E-state index contributed by atoms with van der Waals surface area (Å²) in [7, 11) is 1.47. The highest BCUT2D eigenvalue weighted by atomic mass is 127. The average Bonchev–Trinajstić information content (AvgIpc) is 2.84. The molecule has 36 heavy (non-hydrogen) atoms. The number of nitrogens with zero attached hydrogens (tertiary/aromatic N) is 1. The van der Waals surface area contributed by atoms with Crippen molar-refractivity contribution in [1.29, 1.82) is 5.26 Å². The van der Waals surface area contributed by atoms with Gasteiger partial charge in [-0.2, -0.15) is 5.26 Å². The quantitative estimate of drug-likeness (QED) is 0.180. The molecule has 0 aliphatic rings. The van der Waals surface area contributed by atoms with Gasteiger partial charge in [0.05, 0.1) is 21.4 Å². The van der Waals surface area contributed by atoms with Crippen LogP contribution in [0.25, 0.3) is 6.08 Å². The highest BCUT2D eigenvalue weighted by Gasteiger charge is 2.16. The molecule has 0 saturated carbocycles. The highest BCUT2D eigenvalue weighted by Crippen LogP contribution is 2.35. The predicted molar refractivity (Wildman–Crippen MR) is 149 cm³/mol. The molecule has 2 N–H and O–H groups in total. The number of para-hydroxylation sites is 1. The predicted octanol–water partition coefficient (Wildman–Crippen LogP) is 6.13. The van der Waals surface area contributed by atoms with Gasteiger partial charge < -0.3 is 20.1 Å². The molecule has 0 saturated heterocycles. The summed E-state index contributed by atoms with van der Waals surface area (Å²) in [5, 5.41) is 15.4. The Labute approximate surface area is 228 Å². The van der Waals surface area contributed by atoms with Crippen LogP contribution in [-0.2, 0) is 9.59 Å². The zero-order valence-electron chi connectivity index (χ0n) is 19.8. The lowest BCUT2D eigenvalue weighted by molar-refractivity contribution is -0.118. The third-order valence-corrected chi connectivity index (χ3v) is 6.18. The fraction of sp³-hybridized carbons (Fsp3) is 0.148. The van der Waals surface area contributed by atoms with Gasteiger partial charge in [0.25, 0.3) is 11.8 Å². The number of nitrogens with one attached hydrogen (secondary N) is 2. The van der Waals surface area contributed by atoms with Gasteiger partial charge in [-0.1, -0.05) is 41.4 Å². The number of anilines is 2. The van der Waals surface area contributed by atoms with Crippen LogP contribution in [-0.4, -0.2) is 25.5 Å². The fourth-order valence-corrected chi connectivity index (χ4v) is 4.27. The number of hydrogen-bond donors (Lipinski definition) is 2. The number of nitriles is 1. The van der Waals surface area contributed by atoms with Crippen molar-refractivity contribution >= 4 is 63.5 Å². The number of benzene rings is 3. The van der Waals surface area contributed by atoms with Crippen LogP contribution < -0.4 is 20.1 Å². The van der Waals surface area contributed by atoms with Crippen LogP contribution in [0.5, 0.6) is 11.5 Å². The maximum Gasteiger partial charge on any atom is 0.266 e. The Morgan fingerprint density at radius 3 is 2.50 bits per heavy atom. The van der Waals surface area contributed by atoms with Crippen molar-refractivity contribution in [3.05, 3.63) is 85.5 Å². The molecule has 2 amide bonds. The maximum absolute atomic E-state index is 12.6. The van der Waals surface area contributed by atoms with Gasteiger partial charge in [-0.15, -0.1) is 0 Å². The average molecular weight is 616 g/mol. The molecule has 7 nitrogen and oxygen atoms in total. The molecule has 0 aromatic heterocycles. The number of amides is 2. The zero-order chi connectivity index (χ0) is 26.2. The largest absolute Gasteiger partial charge is 0.493 e. The number of methoxy groups -OCH3 is 1. The molecule has 0 heterocycles. The van der Waals surface area contributed by atoms with Crippen molar-refractivity contribution < 1.29 is 19.1 Å². The first-order valence-corrected chi connectivity index (χ1v) is 12.2. The van der Waals surface area contributed by atoms with Crippen molar-refractivity contribution in [3.8, 4) is 17.6 Å². The SMILES string of the molecule is COc1cc(/C=C(\C#N)C(=O)Nc2ccccc2Cl)cc(I)c1OCC(=O)Nc1ccc(C)cc1C. The minimum Gasteiger partial charge on any atom is -0.493 e. The molecule has 0 unspecified atom stereocenters. The summed E-state index contributed by atoms with van der Waals surface area (Å²) in [6, 6.07) is 17.8. The smallest absolute Gasteiger partial charge is 0.266 e. The molecule has 3 aromatic carbocycles. The summed E-state index contributed by atoms with van der Waals surface area (Å²) >= 11 is 8.13. The zero-order valence-corrected chi connectivity index (χ0v) is 22.7. The van der Waals surface area contributed by atoms with E-state index in [-0.39, 0.29) is 18.1 Å². The van der Waals surface area contributed by atoms with E-state index < -0.39 is 5.91 Å². The molecule has 0 fully saturated rings. The molecule has 9 heteroatoms. The number of aryl methyl sites for hydroxylation is 2. The second-order valence-corrected chi connectivity index (χ2v) is 9.36. The fourth-order valence-electron chi connectivity index (χ4n) is 3.31. The molecular formula is C27H23ClIN3O4. The van der Waals surface area contributed by atoms with Crippen molar-refractivity contribution in [3.63, 3.8) is 0 Å². The van der Waals surface area contributed by atoms with Crippen LogP contribution in [0.1, 0.15) is 16.7 Å². The molecule has 184 valence electrons. The molecule has 0 aliphatic heterocycles. The normalized spacial score (nSPS) is 10.8. The minimum absolute atomic E-state index is 0.116. The minimum atomic E-state index is -0.594. The summed E-state index contributed by atoms with van der Waals surface area (Å²) < 4.78 is 11.8. The highest BCUT2D eigenvalue weighted by molar-refractivity contribution is 14.1. The van der Waals surface area contributed by atoms with Crippen LogP contribution in [0, 0.1) is 28.7 Å². The standard InChI is InChI=1S/C27H23ClIN3O4/c1-16-8-9-22(17(2)10-16)31-25(33)15-36-26-21(29)12-18(13-24(26)35-3)11-19(14-30)27(34)32-23-7-5-4-6-20(23)28/h4-13H,15H2,1-3H3,(H,31,33)(H,32,34)/b19-11+. The number of ether oxygens (including phenoxy) is 2. The van der Waals surface area contributed by atoms with E-state index in [9.17, 15) is 14.9 Å². The molecule has 0 radical (unpaired) electrons. The van der Waals surface area contributed by atoms with Crippen LogP contribution in [0.2, 0.25) is 5.02 Å². The number of carbonyl (C=O) groups is 2. The third-order valence-electron chi connectivity index (χ3n) is 5.05. The molecule has 0 bridgehead atoms. The number of hydrogen-bond acceptors (Lipinski definition) is 5. The van der Waals surface area contributed by atoms with E-state index >= 15 is 0 Å². The van der Waals surface area contributed by atoms with E-state index in [0.29, 0.717) is 31.3 Å². The molecule has 3 aromatic rings. The Bertz CT molecular complexity index is 1380. The third kappa shape index (κ3) is 6.99. The second-order valence-electron chi connectivity index (χ2n) is 7.79. The van der Waals surface area contributed by atoms with Crippen molar-refractivity contribution in [2.75, 3.05) is 24.4 Å². The van der Waals surface area contributed by atoms with E-state index in [1.807, 2.05) is 60.7 Å². The Kier molecular flexibility index (Phi) is 9.33. The Hall–Kier alpha value is -3.55. The topological polar surface area (TPSA) is 100 Å². The summed E-state index contributed by atoms with van der Waals surface area (Å²) in [5.41, 5.74) is 3.62. The van der Waals surface area contributed by atoms with Crippen LogP contribution >= 0.6 is 34.2 Å². The molecule has 0 spiro atoms. The van der Waals surface area contributed by atoms with Crippen molar-refractivity contribution in [1.82, 2.24) is 0 Å². The summed E-state index contributed by atoms with van der Waals surface area (Å²) in [4.78, 5) is 25.1. The van der Waals surface area contributed by atoms with E-state index in [1.54, 1.807) is 36.4 Å². The summed E-state index contributed by atoms with van der Waals surface area (Å²) in [6.45, 7) is 3.68.